The summed E-state index contributed by atoms with van der Waals surface area (Å²) in [5, 5.41) is 0. The van der Waals surface area contributed by atoms with Gasteiger partial charge in [0.1, 0.15) is 10.7 Å². The summed E-state index contributed by atoms with van der Waals surface area (Å²) in [5.41, 5.74) is 6.67. The fraction of sp³-hybridized carbons (Fsp3) is 0.462. The van der Waals surface area contributed by atoms with Crippen LogP contribution in [0.1, 0.15) is 32.3 Å². The summed E-state index contributed by atoms with van der Waals surface area (Å²) in [5.74, 6) is 1.80. The van der Waals surface area contributed by atoms with Crippen LogP contribution in [-0.4, -0.2) is 17.3 Å². The molecular weight excluding hydrogens is 250 g/mol. The van der Waals surface area contributed by atoms with Gasteiger partial charge in [0, 0.05) is 4.90 Å². The Hall–Kier alpha value is -0.740. The molecule has 94 valence electrons. The van der Waals surface area contributed by atoms with Crippen molar-refractivity contribution in [2.75, 3.05) is 12.4 Å². The highest BCUT2D eigenvalue weighted by atomic mass is 32.2. The lowest BCUT2D eigenvalue weighted by Crippen LogP contribution is -2.13. The van der Waals surface area contributed by atoms with Gasteiger partial charge in [0.05, 0.1) is 12.2 Å². The first kappa shape index (κ1) is 14.3. The van der Waals surface area contributed by atoms with Crippen molar-refractivity contribution < 1.29 is 4.74 Å². The average molecular weight is 269 g/mol. The maximum absolute atomic E-state index is 5.79. The number of hydrogen-bond donors (Lipinski definition) is 1. The number of hydrogen-bond acceptors (Lipinski definition) is 3. The van der Waals surface area contributed by atoms with Gasteiger partial charge in [-0.15, -0.1) is 11.8 Å². The zero-order chi connectivity index (χ0) is 12.7. The van der Waals surface area contributed by atoms with Crippen molar-refractivity contribution in [1.82, 2.24) is 0 Å². The fourth-order valence-electron chi connectivity index (χ4n) is 1.48. The lowest BCUT2D eigenvalue weighted by atomic mass is 10.2. The first-order chi connectivity index (χ1) is 8.20. The molecule has 0 saturated heterocycles. The number of thiocarbonyl (C=S) groups is 1. The van der Waals surface area contributed by atoms with E-state index < -0.39 is 0 Å². The van der Waals surface area contributed by atoms with Crippen molar-refractivity contribution in [3.63, 3.8) is 0 Å². The number of nitrogens with two attached hydrogens (primary N) is 1. The van der Waals surface area contributed by atoms with E-state index in [9.17, 15) is 0 Å². The average Bonchev–Trinajstić information content (AvgIpc) is 2.29. The molecule has 0 unspecified atom stereocenters. The SMILES string of the molecule is CCCCOc1cccc(SCC)c1C(N)=S. The Morgan fingerprint density at radius 1 is 1.41 bits per heavy atom. The molecule has 17 heavy (non-hydrogen) atoms. The largest absolute Gasteiger partial charge is 0.493 e. The molecule has 0 amide bonds. The van der Waals surface area contributed by atoms with Gasteiger partial charge < -0.3 is 10.5 Å². The van der Waals surface area contributed by atoms with Crippen molar-refractivity contribution in [3.05, 3.63) is 23.8 Å². The summed E-state index contributed by atoms with van der Waals surface area (Å²) in [6.07, 6.45) is 2.16. The number of rotatable bonds is 7. The van der Waals surface area contributed by atoms with Crippen molar-refractivity contribution in [3.8, 4) is 5.75 Å². The third kappa shape index (κ3) is 4.21. The van der Waals surface area contributed by atoms with Crippen LogP contribution in [0.4, 0.5) is 0 Å². The summed E-state index contributed by atoms with van der Waals surface area (Å²) in [4.78, 5) is 1.52. The van der Waals surface area contributed by atoms with E-state index in [2.05, 4.69) is 13.8 Å². The maximum Gasteiger partial charge on any atom is 0.130 e. The number of unbranched alkanes of at least 4 members (excludes halogenated alkanes) is 1. The molecule has 0 heterocycles. The molecule has 2 N–H and O–H groups in total. The van der Waals surface area contributed by atoms with Crippen LogP contribution in [0.3, 0.4) is 0 Å². The highest BCUT2D eigenvalue weighted by molar-refractivity contribution is 7.99. The second-order valence-electron chi connectivity index (χ2n) is 3.63. The minimum atomic E-state index is 0.410. The molecule has 0 fully saturated rings. The molecule has 0 aliphatic carbocycles. The molecule has 0 spiro atoms. The van der Waals surface area contributed by atoms with E-state index in [1.807, 2.05) is 18.2 Å². The highest BCUT2D eigenvalue weighted by Gasteiger charge is 2.12. The van der Waals surface area contributed by atoms with Crippen LogP contribution in [-0.2, 0) is 0 Å². The second-order valence-corrected chi connectivity index (χ2v) is 5.37. The van der Waals surface area contributed by atoms with Crippen LogP contribution in [0.15, 0.2) is 23.1 Å². The fourth-order valence-corrected chi connectivity index (χ4v) is 2.59. The molecule has 1 rings (SSSR count). The summed E-state index contributed by atoms with van der Waals surface area (Å²) in [6, 6.07) is 5.96. The molecule has 4 heteroatoms. The maximum atomic E-state index is 5.79. The molecule has 2 nitrogen and oxygen atoms in total. The van der Waals surface area contributed by atoms with E-state index in [1.165, 1.54) is 0 Å². The van der Waals surface area contributed by atoms with Crippen molar-refractivity contribution in [2.45, 2.75) is 31.6 Å². The minimum absolute atomic E-state index is 0.410. The second kappa shape index (κ2) is 7.56. The molecule has 1 aromatic carbocycles. The van der Waals surface area contributed by atoms with E-state index in [0.29, 0.717) is 11.6 Å². The monoisotopic (exact) mass is 269 g/mol. The van der Waals surface area contributed by atoms with Crippen molar-refractivity contribution >= 4 is 29.0 Å². The molecule has 0 aliphatic heterocycles. The normalized spacial score (nSPS) is 10.2. The van der Waals surface area contributed by atoms with Gasteiger partial charge in [-0.25, -0.2) is 0 Å². The van der Waals surface area contributed by atoms with E-state index in [4.69, 9.17) is 22.7 Å². The van der Waals surface area contributed by atoms with Crippen LogP contribution >= 0.6 is 24.0 Å². The smallest absolute Gasteiger partial charge is 0.130 e. The molecule has 0 radical (unpaired) electrons. The van der Waals surface area contributed by atoms with E-state index in [1.54, 1.807) is 11.8 Å². The Kier molecular flexibility index (Phi) is 6.37. The van der Waals surface area contributed by atoms with E-state index in [0.717, 1.165) is 34.8 Å². The molecular formula is C13H19NOS2. The molecule has 0 bridgehead atoms. The Labute approximate surface area is 113 Å². The zero-order valence-electron chi connectivity index (χ0n) is 10.4. The Balaban J connectivity index is 2.94. The van der Waals surface area contributed by atoms with E-state index in [-0.39, 0.29) is 0 Å². The quantitative estimate of drug-likeness (QED) is 0.466. The molecule has 0 atom stereocenters. The summed E-state index contributed by atoms with van der Waals surface area (Å²) >= 11 is 6.85. The van der Waals surface area contributed by atoms with Gasteiger partial charge in [-0.05, 0) is 24.3 Å². The lowest BCUT2D eigenvalue weighted by molar-refractivity contribution is 0.308. The molecule has 0 aliphatic rings. The van der Waals surface area contributed by atoms with Crippen LogP contribution < -0.4 is 10.5 Å². The van der Waals surface area contributed by atoms with Crippen molar-refractivity contribution in [2.24, 2.45) is 5.73 Å². The first-order valence-corrected chi connectivity index (χ1v) is 7.28. The summed E-state index contributed by atoms with van der Waals surface area (Å²) in [7, 11) is 0. The zero-order valence-corrected chi connectivity index (χ0v) is 12.0. The standard InChI is InChI=1S/C13H19NOS2/c1-3-5-9-15-10-7-6-8-11(17-4-2)12(10)13(14)16/h6-8H,3-5,9H2,1-2H3,(H2,14,16). The van der Waals surface area contributed by atoms with Gasteiger partial charge in [-0.2, -0.15) is 0 Å². The van der Waals surface area contributed by atoms with Gasteiger partial charge >= 0.3 is 0 Å². The minimum Gasteiger partial charge on any atom is -0.493 e. The lowest BCUT2D eigenvalue weighted by Gasteiger charge is -2.13. The topological polar surface area (TPSA) is 35.2 Å². The molecule has 1 aromatic rings. The summed E-state index contributed by atoms with van der Waals surface area (Å²) in [6.45, 7) is 4.96. The predicted molar refractivity (Wildman–Crippen MR) is 79.1 cm³/mol. The predicted octanol–water partition coefficient (Wildman–Crippen LogP) is 3.61. The Morgan fingerprint density at radius 3 is 2.76 bits per heavy atom. The highest BCUT2D eigenvalue weighted by Crippen LogP contribution is 2.30. The Morgan fingerprint density at radius 2 is 2.18 bits per heavy atom. The third-order valence-electron chi connectivity index (χ3n) is 2.29. The van der Waals surface area contributed by atoms with Gasteiger partial charge in [0.2, 0.25) is 0 Å². The Bertz CT molecular complexity index is 380. The van der Waals surface area contributed by atoms with Crippen LogP contribution in [0, 0.1) is 0 Å². The number of thioether (sulfide) groups is 1. The number of ether oxygens (including phenoxy) is 1. The van der Waals surface area contributed by atoms with E-state index >= 15 is 0 Å². The van der Waals surface area contributed by atoms with Gasteiger partial charge in [-0.3, -0.25) is 0 Å². The van der Waals surface area contributed by atoms with Crippen LogP contribution in [0.5, 0.6) is 5.75 Å². The van der Waals surface area contributed by atoms with Crippen LogP contribution in [0.25, 0.3) is 0 Å². The van der Waals surface area contributed by atoms with Crippen molar-refractivity contribution in [1.29, 1.82) is 0 Å². The number of benzene rings is 1. The van der Waals surface area contributed by atoms with Gasteiger partial charge in [0.25, 0.3) is 0 Å². The third-order valence-corrected chi connectivity index (χ3v) is 3.43. The van der Waals surface area contributed by atoms with Gasteiger partial charge in [0.15, 0.2) is 0 Å². The first-order valence-electron chi connectivity index (χ1n) is 5.89. The molecule has 0 saturated carbocycles. The molecule has 0 aromatic heterocycles. The summed E-state index contributed by atoms with van der Waals surface area (Å²) < 4.78 is 5.75. The van der Waals surface area contributed by atoms with Crippen LogP contribution in [0.2, 0.25) is 0 Å². The van der Waals surface area contributed by atoms with Gasteiger partial charge in [-0.1, -0.05) is 38.6 Å².